The van der Waals surface area contributed by atoms with Crippen molar-refractivity contribution in [1.29, 1.82) is 0 Å². The van der Waals surface area contributed by atoms with E-state index in [1.54, 1.807) is 6.07 Å². The average Bonchev–Trinajstić information content (AvgIpc) is 3.57. The molecule has 0 radical (unpaired) electrons. The Bertz CT molecular complexity index is 1270. The van der Waals surface area contributed by atoms with Gasteiger partial charge < -0.3 is 19.7 Å². The van der Waals surface area contributed by atoms with Gasteiger partial charge in [-0.3, -0.25) is 0 Å². The summed E-state index contributed by atoms with van der Waals surface area (Å²) in [7, 11) is -3.84. The van der Waals surface area contributed by atoms with Crippen molar-refractivity contribution in [3.8, 4) is 5.75 Å². The van der Waals surface area contributed by atoms with Crippen molar-refractivity contribution in [3.05, 3.63) is 58.9 Å². The van der Waals surface area contributed by atoms with E-state index in [0.717, 1.165) is 31.7 Å². The summed E-state index contributed by atoms with van der Waals surface area (Å²) < 4.78 is 51.6. The summed E-state index contributed by atoms with van der Waals surface area (Å²) in [5.41, 5.74) is -0.456. The Kier molecular flexibility index (Phi) is 5.85. The standard InChI is InChI=1S/C22H20FNO8S/c1-31-22(28)24(33(29,30)18-7-4-14(23)9-12(18)3-2-8-25)17-6-5-15-16-10-13(16)11-32-20(15)19(17)21(26)27/h2-7,9,13,16,25H,8,10-11H2,1H3,(H,26,27)/b3-2-. The summed E-state index contributed by atoms with van der Waals surface area (Å²) in [4.78, 5) is 24.4. The fraction of sp³-hybridized carbons (Fsp3) is 0.273. The van der Waals surface area contributed by atoms with Crippen LogP contribution in [0.1, 0.15) is 33.8 Å². The lowest BCUT2D eigenvalue weighted by Crippen LogP contribution is -2.38. The molecule has 0 spiro atoms. The van der Waals surface area contributed by atoms with Gasteiger partial charge in [0.2, 0.25) is 0 Å². The monoisotopic (exact) mass is 477 g/mol. The first-order valence-corrected chi connectivity index (χ1v) is 11.4. The van der Waals surface area contributed by atoms with Crippen LogP contribution in [0.3, 0.4) is 0 Å². The number of ether oxygens (including phenoxy) is 2. The summed E-state index contributed by atoms with van der Waals surface area (Å²) in [5, 5.41) is 19.0. The van der Waals surface area contributed by atoms with Crippen LogP contribution in [0, 0.1) is 11.7 Å². The van der Waals surface area contributed by atoms with Crippen molar-refractivity contribution in [3.63, 3.8) is 0 Å². The van der Waals surface area contributed by atoms with Gasteiger partial charge in [-0.1, -0.05) is 18.2 Å². The minimum Gasteiger partial charge on any atom is -0.492 e. The molecule has 1 aliphatic heterocycles. The van der Waals surface area contributed by atoms with E-state index in [9.17, 15) is 27.5 Å². The van der Waals surface area contributed by atoms with Crippen LogP contribution in [0.5, 0.6) is 5.75 Å². The number of fused-ring (bicyclic) bond motifs is 3. The fourth-order valence-electron chi connectivity index (χ4n) is 3.99. The molecule has 2 aliphatic rings. The van der Waals surface area contributed by atoms with E-state index in [4.69, 9.17) is 9.84 Å². The topological polar surface area (TPSA) is 130 Å². The molecule has 1 amide bonds. The van der Waals surface area contributed by atoms with E-state index >= 15 is 0 Å². The molecule has 1 saturated carbocycles. The molecule has 2 atom stereocenters. The third kappa shape index (κ3) is 3.93. The fourth-order valence-corrected chi connectivity index (χ4v) is 5.53. The predicted molar refractivity (Wildman–Crippen MR) is 114 cm³/mol. The average molecular weight is 477 g/mol. The highest BCUT2D eigenvalue weighted by Gasteiger charge is 2.47. The van der Waals surface area contributed by atoms with Gasteiger partial charge in [-0.15, -0.1) is 0 Å². The van der Waals surface area contributed by atoms with Crippen LogP contribution < -0.4 is 9.04 Å². The van der Waals surface area contributed by atoms with Gasteiger partial charge in [0.05, 0.1) is 30.9 Å². The highest BCUT2D eigenvalue weighted by Crippen LogP contribution is 2.55. The SMILES string of the molecule is COC(=O)N(c1ccc2c(c1C(=O)O)OCC1CC21)S(=O)(=O)c1ccc(F)cc1/C=C\CO. The quantitative estimate of drug-likeness (QED) is 0.649. The van der Waals surface area contributed by atoms with E-state index in [1.165, 1.54) is 18.2 Å². The number of carboxylic acid groups (broad SMARTS) is 1. The summed E-state index contributed by atoms with van der Waals surface area (Å²) >= 11 is 0. The Hall–Kier alpha value is -3.44. The van der Waals surface area contributed by atoms with E-state index in [-0.39, 0.29) is 27.5 Å². The molecule has 2 unspecified atom stereocenters. The number of benzene rings is 2. The molecule has 1 heterocycles. The number of rotatable bonds is 6. The van der Waals surface area contributed by atoms with Crippen LogP contribution in [0.4, 0.5) is 14.9 Å². The Balaban J connectivity index is 1.94. The van der Waals surface area contributed by atoms with Gasteiger partial charge in [0.1, 0.15) is 17.1 Å². The lowest BCUT2D eigenvalue weighted by atomic mass is 10.00. The van der Waals surface area contributed by atoms with Crippen LogP contribution >= 0.6 is 0 Å². The Morgan fingerprint density at radius 2 is 2.06 bits per heavy atom. The van der Waals surface area contributed by atoms with Crippen LogP contribution in [0.2, 0.25) is 0 Å². The van der Waals surface area contributed by atoms with Crippen LogP contribution in [0.25, 0.3) is 6.08 Å². The number of aliphatic hydroxyl groups is 1. The second kappa shape index (κ2) is 8.49. The van der Waals surface area contributed by atoms with Gasteiger partial charge in [-0.05, 0) is 47.7 Å². The highest BCUT2D eigenvalue weighted by atomic mass is 32.2. The molecule has 2 N–H and O–H groups in total. The van der Waals surface area contributed by atoms with Crippen LogP contribution in [-0.4, -0.2) is 51.0 Å². The van der Waals surface area contributed by atoms with Gasteiger partial charge in [0.25, 0.3) is 10.0 Å². The number of methoxy groups -OCH3 is 1. The number of carboxylic acids is 1. The number of nitrogens with zero attached hydrogens (tertiary/aromatic N) is 1. The van der Waals surface area contributed by atoms with Gasteiger partial charge in [-0.2, -0.15) is 4.31 Å². The summed E-state index contributed by atoms with van der Waals surface area (Å²) in [5.74, 6) is -1.81. The van der Waals surface area contributed by atoms with Crippen molar-refractivity contribution in [2.45, 2.75) is 17.2 Å². The molecule has 1 aliphatic carbocycles. The maximum atomic E-state index is 13.8. The van der Waals surface area contributed by atoms with Crippen molar-refractivity contribution in [2.75, 3.05) is 24.6 Å². The number of aromatic carboxylic acids is 1. The van der Waals surface area contributed by atoms with E-state index in [2.05, 4.69) is 4.74 Å². The summed E-state index contributed by atoms with van der Waals surface area (Å²) in [6, 6.07) is 5.52. The summed E-state index contributed by atoms with van der Waals surface area (Å²) in [6.45, 7) is -0.148. The second-order valence-corrected chi connectivity index (χ2v) is 9.36. The first-order valence-electron chi connectivity index (χ1n) is 9.94. The zero-order valence-electron chi connectivity index (χ0n) is 17.4. The van der Waals surface area contributed by atoms with Crippen LogP contribution in [0.15, 0.2) is 41.3 Å². The van der Waals surface area contributed by atoms with Crippen molar-refractivity contribution >= 4 is 33.8 Å². The molecule has 9 nitrogen and oxygen atoms in total. The van der Waals surface area contributed by atoms with Gasteiger partial charge in [0, 0.05) is 5.92 Å². The molecule has 1 fully saturated rings. The Labute approximate surface area is 188 Å². The minimum absolute atomic E-state index is 0.0161. The van der Waals surface area contributed by atoms with Crippen LogP contribution in [-0.2, 0) is 14.8 Å². The molecule has 2 aromatic rings. The minimum atomic E-state index is -4.79. The molecule has 0 bridgehead atoms. The molecule has 2 aromatic carbocycles. The van der Waals surface area contributed by atoms with E-state index in [0.29, 0.717) is 12.2 Å². The first-order chi connectivity index (χ1) is 15.7. The highest BCUT2D eigenvalue weighted by molar-refractivity contribution is 7.93. The third-order valence-corrected chi connectivity index (χ3v) is 7.35. The van der Waals surface area contributed by atoms with Gasteiger partial charge >= 0.3 is 12.1 Å². The van der Waals surface area contributed by atoms with Gasteiger partial charge in [-0.25, -0.2) is 22.4 Å². The third-order valence-electron chi connectivity index (χ3n) is 5.60. The normalized spacial score (nSPS) is 18.8. The molecule has 0 saturated heterocycles. The molecular formula is C22H20FNO8S. The number of amides is 1. The van der Waals surface area contributed by atoms with Crippen molar-refractivity contribution < 1.29 is 42.1 Å². The largest absolute Gasteiger partial charge is 0.492 e. The van der Waals surface area contributed by atoms with Crippen molar-refractivity contribution in [1.82, 2.24) is 0 Å². The number of carbonyl (C=O) groups excluding carboxylic acids is 1. The molecule has 11 heteroatoms. The molecule has 174 valence electrons. The Morgan fingerprint density at radius 3 is 2.73 bits per heavy atom. The predicted octanol–water partition coefficient (Wildman–Crippen LogP) is 2.99. The number of hydrogen-bond donors (Lipinski definition) is 2. The van der Waals surface area contributed by atoms with E-state index in [1.807, 2.05) is 0 Å². The molecule has 4 rings (SSSR count). The number of anilines is 1. The zero-order valence-corrected chi connectivity index (χ0v) is 18.2. The maximum Gasteiger partial charge on any atom is 0.428 e. The molecule has 0 aromatic heterocycles. The second-order valence-electron chi connectivity index (χ2n) is 7.60. The zero-order chi connectivity index (χ0) is 23.9. The number of hydrogen-bond acceptors (Lipinski definition) is 7. The summed E-state index contributed by atoms with van der Waals surface area (Å²) in [6.07, 6.45) is 1.84. The maximum absolute atomic E-state index is 13.8. The number of aliphatic hydroxyl groups excluding tert-OH is 1. The van der Waals surface area contributed by atoms with Crippen molar-refractivity contribution in [2.24, 2.45) is 5.92 Å². The Morgan fingerprint density at radius 1 is 1.30 bits per heavy atom. The van der Waals surface area contributed by atoms with Gasteiger partial charge in [0.15, 0.2) is 0 Å². The number of carbonyl (C=O) groups is 2. The number of halogens is 1. The first kappa shape index (κ1) is 22.7. The lowest BCUT2D eigenvalue weighted by molar-refractivity contribution is 0.0692. The smallest absolute Gasteiger partial charge is 0.428 e. The molecular weight excluding hydrogens is 457 g/mol. The number of sulfonamides is 1. The molecule has 33 heavy (non-hydrogen) atoms. The van der Waals surface area contributed by atoms with E-state index < -0.39 is 50.7 Å². The lowest BCUT2D eigenvalue weighted by Gasteiger charge is -2.26.